The lowest BCUT2D eigenvalue weighted by Crippen LogP contribution is -2.42. The van der Waals surface area contributed by atoms with Gasteiger partial charge in [-0.25, -0.2) is 21.9 Å². The average Bonchev–Trinajstić information content (AvgIpc) is 2.99. The summed E-state index contributed by atoms with van der Waals surface area (Å²) in [6, 6.07) is 0.439. The van der Waals surface area contributed by atoms with Crippen LogP contribution in [0.4, 0.5) is 14.8 Å². The van der Waals surface area contributed by atoms with Gasteiger partial charge in [0.15, 0.2) is 5.82 Å². The van der Waals surface area contributed by atoms with Crippen molar-refractivity contribution >= 4 is 16.0 Å². The van der Waals surface area contributed by atoms with E-state index in [1.807, 2.05) is 0 Å². The smallest absolute Gasteiger partial charge is 0.321 e. The first-order valence-corrected chi connectivity index (χ1v) is 10.9. The predicted octanol–water partition coefficient (Wildman–Crippen LogP) is 3.27. The summed E-state index contributed by atoms with van der Waals surface area (Å²) in [5.74, 6) is -2.29. The van der Waals surface area contributed by atoms with Crippen LogP contribution in [-0.2, 0) is 10.0 Å². The molecule has 0 amide bonds. The molecular weight excluding hydrogens is 378 g/mol. The van der Waals surface area contributed by atoms with Crippen LogP contribution < -0.4 is 10.0 Å². The Balaban J connectivity index is 1.42. The van der Waals surface area contributed by atoms with Crippen molar-refractivity contribution in [3.63, 3.8) is 0 Å². The first-order valence-electron chi connectivity index (χ1n) is 9.42. The SMILES string of the molecule is CC(C)(C)S(=O)(=O)NC[C@H]1CC[C@H](Nc2nc(C3CC(F)(F)C3)no2)CC1. The Morgan fingerprint density at radius 1 is 1.19 bits per heavy atom. The summed E-state index contributed by atoms with van der Waals surface area (Å²) in [4.78, 5) is 4.19. The van der Waals surface area contributed by atoms with Gasteiger partial charge in [-0.15, -0.1) is 0 Å². The molecule has 0 atom stereocenters. The third kappa shape index (κ3) is 4.96. The van der Waals surface area contributed by atoms with E-state index < -0.39 is 20.7 Å². The normalized spacial score (nSPS) is 26.6. The molecule has 2 fully saturated rings. The summed E-state index contributed by atoms with van der Waals surface area (Å²) < 4.78 is 57.2. The van der Waals surface area contributed by atoms with E-state index in [1.165, 1.54) is 0 Å². The third-order valence-corrected chi connectivity index (χ3v) is 7.60. The van der Waals surface area contributed by atoms with Gasteiger partial charge in [-0.3, -0.25) is 0 Å². The summed E-state index contributed by atoms with van der Waals surface area (Å²) >= 11 is 0. The molecule has 0 aliphatic heterocycles. The summed E-state index contributed by atoms with van der Waals surface area (Å²) in [5, 5.41) is 6.98. The van der Waals surface area contributed by atoms with Gasteiger partial charge in [0.05, 0.1) is 4.75 Å². The van der Waals surface area contributed by atoms with Gasteiger partial charge in [0, 0.05) is 31.3 Å². The molecule has 3 rings (SSSR count). The summed E-state index contributed by atoms with van der Waals surface area (Å²) in [6.45, 7) is 5.49. The molecule has 0 aromatic carbocycles. The predicted molar refractivity (Wildman–Crippen MR) is 97.3 cm³/mol. The maximum absolute atomic E-state index is 12.9. The van der Waals surface area contributed by atoms with Crippen LogP contribution in [0.15, 0.2) is 4.52 Å². The Morgan fingerprint density at radius 3 is 2.37 bits per heavy atom. The lowest BCUT2D eigenvalue weighted by molar-refractivity contribution is -0.0888. The molecule has 27 heavy (non-hydrogen) atoms. The van der Waals surface area contributed by atoms with E-state index in [-0.39, 0.29) is 30.8 Å². The van der Waals surface area contributed by atoms with E-state index >= 15 is 0 Å². The van der Waals surface area contributed by atoms with Crippen molar-refractivity contribution in [2.75, 3.05) is 11.9 Å². The molecular formula is C17H28F2N4O3S. The molecule has 2 aliphatic carbocycles. The highest BCUT2D eigenvalue weighted by atomic mass is 32.2. The van der Waals surface area contributed by atoms with Gasteiger partial charge in [-0.2, -0.15) is 4.98 Å². The number of nitrogens with one attached hydrogen (secondary N) is 2. The molecule has 0 saturated heterocycles. The summed E-state index contributed by atoms with van der Waals surface area (Å²) in [5.41, 5.74) is 0. The molecule has 0 unspecified atom stereocenters. The van der Waals surface area contributed by atoms with Crippen molar-refractivity contribution in [1.82, 2.24) is 14.9 Å². The molecule has 2 aliphatic rings. The van der Waals surface area contributed by atoms with E-state index in [0.29, 0.717) is 18.3 Å². The summed E-state index contributed by atoms with van der Waals surface area (Å²) in [7, 11) is -3.32. The fourth-order valence-electron chi connectivity index (χ4n) is 3.43. The molecule has 154 valence electrons. The van der Waals surface area contributed by atoms with Gasteiger partial charge in [0.25, 0.3) is 0 Å². The van der Waals surface area contributed by atoms with Crippen LogP contribution in [0.1, 0.15) is 71.0 Å². The number of nitrogens with zero attached hydrogens (tertiary/aromatic N) is 2. The van der Waals surface area contributed by atoms with E-state index in [4.69, 9.17) is 4.52 Å². The molecule has 2 N–H and O–H groups in total. The zero-order valence-electron chi connectivity index (χ0n) is 16.0. The lowest BCUT2D eigenvalue weighted by atomic mass is 9.81. The fraction of sp³-hybridized carbons (Fsp3) is 0.882. The third-order valence-electron chi connectivity index (χ3n) is 5.44. The van der Waals surface area contributed by atoms with Gasteiger partial charge >= 0.3 is 6.01 Å². The number of hydrogen-bond acceptors (Lipinski definition) is 6. The van der Waals surface area contributed by atoms with E-state index in [1.54, 1.807) is 20.8 Å². The standard InChI is InChI=1S/C17H28F2N4O3S/c1-16(2,3)27(24,25)20-10-11-4-6-13(7-5-11)21-15-22-14(23-26-15)12-8-17(18,19)9-12/h11-13,20H,4-10H2,1-3H3,(H,21,22,23)/t11-,13-. The van der Waals surface area contributed by atoms with E-state index in [2.05, 4.69) is 20.2 Å². The highest BCUT2D eigenvalue weighted by Gasteiger charge is 2.48. The molecule has 7 nitrogen and oxygen atoms in total. The van der Waals surface area contributed by atoms with Gasteiger partial charge in [0.2, 0.25) is 15.9 Å². The minimum atomic E-state index is -3.32. The number of sulfonamides is 1. The van der Waals surface area contributed by atoms with Crippen molar-refractivity contribution in [2.24, 2.45) is 5.92 Å². The quantitative estimate of drug-likeness (QED) is 0.753. The zero-order chi connectivity index (χ0) is 19.9. The topological polar surface area (TPSA) is 97.1 Å². The van der Waals surface area contributed by atoms with Crippen molar-refractivity contribution in [3.05, 3.63) is 5.82 Å². The van der Waals surface area contributed by atoms with Crippen molar-refractivity contribution < 1.29 is 21.7 Å². The molecule has 2 saturated carbocycles. The van der Waals surface area contributed by atoms with Crippen molar-refractivity contribution in [1.29, 1.82) is 0 Å². The second kappa shape index (κ2) is 7.27. The Bertz CT molecular complexity index is 744. The van der Waals surface area contributed by atoms with Crippen LogP contribution in [-0.4, -0.2) is 41.8 Å². The zero-order valence-corrected chi connectivity index (χ0v) is 16.8. The minimum Gasteiger partial charge on any atom is -0.335 e. The largest absolute Gasteiger partial charge is 0.335 e. The number of rotatable bonds is 6. The van der Waals surface area contributed by atoms with Crippen molar-refractivity contribution in [2.45, 2.75) is 81.9 Å². The Morgan fingerprint density at radius 2 is 1.81 bits per heavy atom. The average molecular weight is 406 g/mol. The minimum absolute atomic E-state index is 0.164. The number of anilines is 1. The highest BCUT2D eigenvalue weighted by molar-refractivity contribution is 7.90. The van der Waals surface area contributed by atoms with Crippen LogP contribution in [0.25, 0.3) is 0 Å². The van der Waals surface area contributed by atoms with E-state index in [0.717, 1.165) is 25.7 Å². The maximum Gasteiger partial charge on any atom is 0.321 e. The first-order chi connectivity index (χ1) is 12.5. The van der Waals surface area contributed by atoms with Crippen molar-refractivity contribution in [3.8, 4) is 0 Å². The molecule has 0 spiro atoms. The second-order valence-electron chi connectivity index (χ2n) is 8.75. The Hall–Kier alpha value is -1.29. The van der Waals surface area contributed by atoms with Crippen LogP contribution in [0.2, 0.25) is 0 Å². The van der Waals surface area contributed by atoms with Crippen LogP contribution in [0, 0.1) is 5.92 Å². The van der Waals surface area contributed by atoms with Gasteiger partial charge < -0.3 is 9.84 Å². The van der Waals surface area contributed by atoms with Crippen LogP contribution >= 0.6 is 0 Å². The van der Waals surface area contributed by atoms with Gasteiger partial charge in [-0.05, 0) is 52.4 Å². The monoisotopic (exact) mass is 406 g/mol. The first kappa shape index (κ1) is 20.4. The van der Waals surface area contributed by atoms with Crippen LogP contribution in [0.3, 0.4) is 0 Å². The highest BCUT2D eigenvalue weighted by Crippen LogP contribution is 2.47. The lowest BCUT2D eigenvalue weighted by Gasteiger charge is -2.32. The Labute approximate surface area is 158 Å². The molecule has 10 heteroatoms. The van der Waals surface area contributed by atoms with E-state index in [9.17, 15) is 17.2 Å². The molecule has 1 aromatic heterocycles. The maximum atomic E-state index is 12.9. The van der Waals surface area contributed by atoms with Gasteiger partial charge in [0.1, 0.15) is 0 Å². The Kier molecular flexibility index (Phi) is 5.51. The number of aromatic nitrogens is 2. The fourth-order valence-corrected chi connectivity index (χ4v) is 4.32. The van der Waals surface area contributed by atoms with Crippen LogP contribution in [0.5, 0.6) is 0 Å². The summed E-state index contributed by atoms with van der Waals surface area (Å²) in [6.07, 6.45) is 3.06. The number of hydrogen-bond donors (Lipinski definition) is 2. The number of halogens is 2. The molecule has 1 aromatic rings. The number of alkyl halides is 2. The molecule has 1 heterocycles. The second-order valence-corrected chi connectivity index (χ2v) is 11.3. The molecule has 0 radical (unpaired) electrons. The van der Waals surface area contributed by atoms with Gasteiger partial charge in [-0.1, -0.05) is 5.16 Å². The molecule has 0 bridgehead atoms.